The average Bonchev–Trinajstić information content (AvgIpc) is 2.81. The minimum absolute atomic E-state index is 0.106. The number of nitriles is 1. The minimum atomic E-state index is -0.332. The highest BCUT2D eigenvalue weighted by Crippen LogP contribution is 2.20. The average molecular weight is 331 g/mol. The lowest BCUT2D eigenvalue weighted by atomic mass is 10.1. The normalized spacial score (nSPS) is 11.7. The van der Waals surface area contributed by atoms with E-state index in [1.54, 1.807) is 6.08 Å². The zero-order chi connectivity index (χ0) is 18.3. The number of aliphatic hydroxyl groups excluding tert-OH is 1. The molecule has 0 atom stereocenters. The molecule has 1 rings (SSSR count). The molecule has 0 aliphatic carbocycles. The number of likely N-dealkylation sites (N-methyl/N-ethyl adjacent to an activating group) is 1. The summed E-state index contributed by atoms with van der Waals surface area (Å²) in [5, 5.41) is 18.4. The summed E-state index contributed by atoms with van der Waals surface area (Å²) < 4.78 is 2.23. The molecule has 0 aliphatic rings. The van der Waals surface area contributed by atoms with Crippen molar-refractivity contribution in [2.24, 2.45) is 5.92 Å². The molecule has 1 aromatic rings. The number of aryl methyl sites for hydroxylation is 1. The lowest BCUT2D eigenvalue weighted by molar-refractivity contribution is -0.126. The van der Waals surface area contributed by atoms with Gasteiger partial charge in [0, 0.05) is 31.0 Å². The van der Waals surface area contributed by atoms with Crippen molar-refractivity contribution in [1.29, 1.82) is 5.26 Å². The lowest BCUT2D eigenvalue weighted by Crippen LogP contribution is -2.34. The third kappa shape index (κ3) is 4.97. The molecule has 1 aromatic heterocycles. The molecular weight excluding hydrogens is 302 g/mol. The first kappa shape index (κ1) is 20.0. The van der Waals surface area contributed by atoms with Gasteiger partial charge < -0.3 is 14.6 Å². The van der Waals surface area contributed by atoms with Crippen molar-refractivity contribution in [1.82, 2.24) is 9.47 Å². The zero-order valence-electron chi connectivity index (χ0n) is 15.5. The van der Waals surface area contributed by atoms with Gasteiger partial charge in [-0.1, -0.05) is 13.8 Å². The van der Waals surface area contributed by atoms with E-state index < -0.39 is 0 Å². The Kier molecular flexibility index (Phi) is 7.73. The van der Waals surface area contributed by atoms with Gasteiger partial charge in [0.05, 0.1) is 6.61 Å². The number of aromatic nitrogens is 1. The van der Waals surface area contributed by atoms with Crippen LogP contribution in [0.4, 0.5) is 0 Å². The quantitative estimate of drug-likeness (QED) is 0.588. The summed E-state index contributed by atoms with van der Waals surface area (Å²) in [5.74, 6) is 0.291. The molecule has 0 bridgehead atoms. The number of carbonyl (C=O) groups is 1. The van der Waals surface area contributed by atoms with Crippen LogP contribution < -0.4 is 0 Å². The summed E-state index contributed by atoms with van der Waals surface area (Å²) >= 11 is 0. The maximum atomic E-state index is 12.4. The van der Waals surface area contributed by atoms with Crippen LogP contribution in [0.5, 0.6) is 0 Å². The van der Waals surface area contributed by atoms with Gasteiger partial charge in [-0.05, 0) is 50.8 Å². The highest BCUT2D eigenvalue weighted by Gasteiger charge is 2.17. The Morgan fingerprint density at radius 1 is 1.46 bits per heavy atom. The lowest BCUT2D eigenvalue weighted by Gasteiger charge is -2.18. The Balaban J connectivity index is 3.11. The van der Waals surface area contributed by atoms with Crippen LogP contribution in [0.2, 0.25) is 0 Å². The maximum Gasteiger partial charge on any atom is 0.264 e. The van der Waals surface area contributed by atoms with Gasteiger partial charge in [-0.25, -0.2) is 0 Å². The number of amides is 1. The second-order valence-electron chi connectivity index (χ2n) is 6.44. The number of nitrogens with zero attached hydrogens (tertiary/aromatic N) is 3. The van der Waals surface area contributed by atoms with Crippen molar-refractivity contribution < 1.29 is 9.90 Å². The van der Waals surface area contributed by atoms with Gasteiger partial charge in [0.2, 0.25) is 0 Å². The maximum absolute atomic E-state index is 12.4. The molecule has 24 heavy (non-hydrogen) atoms. The molecular formula is C19H29N3O2. The standard InChI is InChI=1S/C19H29N3O2/c1-6-21(9-10-23)19(24)18(13-20)12-17-11-15(4)22(16(17)5)8-7-14(2)3/h11-12,14,23H,6-10H2,1-5H3/b18-12+. The van der Waals surface area contributed by atoms with Crippen LogP contribution >= 0.6 is 0 Å². The van der Waals surface area contributed by atoms with Crippen LogP contribution in [-0.2, 0) is 11.3 Å². The highest BCUT2D eigenvalue weighted by atomic mass is 16.3. The third-order valence-electron chi connectivity index (χ3n) is 4.23. The first-order valence-corrected chi connectivity index (χ1v) is 8.54. The van der Waals surface area contributed by atoms with Gasteiger partial charge >= 0.3 is 0 Å². The second kappa shape index (κ2) is 9.29. The van der Waals surface area contributed by atoms with Crippen molar-refractivity contribution in [3.63, 3.8) is 0 Å². The van der Waals surface area contributed by atoms with Crippen molar-refractivity contribution in [2.45, 2.75) is 47.6 Å². The molecule has 1 N–H and O–H groups in total. The van der Waals surface area contributed by atoms with E-state index in [4.69, 9.17) is 5.11 Å². The first-order chi connectivity index (χ1) is 11.3. The molecule has 132 valence electrons. The van der Waals surface area contributed by atoms with Gasteiger partial charge in [0.15, 0.2) is 0 Å². The number of aliphatic hydroxyl groups is 1. The van der Waals surface area contributed by atoms with E-state index in [0.29, 0.717) is 12.5 Å². The molecule has 0 spiro atoms. The van der Waals surface area contributed by atoms with Crippen LogP contribution in [0, 0.1) is 31.1 Å². The van der Waals surface area contributed by atoms with E-state index in [1.165, 1.54) is 4.90 Å². The summed E-state index contributed by atoms with van der Waals surface area (Å²) in [5.41, 5.74) is 3.21. The van der Waals surface area contributed by atoms with E-state index in [1.807, 2.05) is 32.9 Å². The molecule has 1 amide bonds. The van der Waals surface area contributed by atoms with Crippen molar-refractivity contribution in [3.8, 4) is 6.07 Å². The molecule has 5 heteroatoms. The third-order valence-corrected chi connectivity index (χ3v) is 4.23. The van der Waals surface area contributed by atoms with E-state index in [-0.39, 0.29) is 24.6 Å². The second-order valence-corrected chi connectivity index (χ2v) is 6.44. The van der Waals surface area contributed by atoms with Gasteiger partial charge in [-0.15, -0.1) is 0 Å². The summed E-state index contributed by atoms with van der Waals surface area (Å²) in [6, 6.07) is 4.03. The largest absolute Gasteiger partial charge is 0.395 e. The molecule has 0 aromatic carbocycles. The Labute approximate surface area is 145 Å². The van der Waals surface area contributed by atoms with E-state index in [9.17, 15) is 10.1 Å². The zero-order valence-corrected chi connectivity index (χ0v) is 15.5. The fourth-order valence-electron chi connectivity index (χ4n) is 2.70. The Bertz CT molecular complexity index is 636. The molecule has 0 unspecified atom stereocenters. The van der Waals surface area contributed by atoms with Gasteiger partial charge in [0.25, 0.3) is 5.91 Å². The monoisotopic (exact) mass is 331 g/mol. The molecule has 0 aliphatic heterocycles. The molecule has 0 fully saturated rings. The van der Waals surface area contributed by atoms with Crippen LogP contribution in [0.3, 0.4) is 0 Å². The number of rotatable bonds is 8. The molecule has 0 radical (unpaired) electrons. The Hall–Kier alpha value is -2.06. The Morgan fingerprint density at radius 2 is 2.12 bits per heavy atom. The summed E-state index contributed by atoms with van der Waals surface area (Å²) in [6.07, 6.45) is 2.75. The summed E-state index contributed by atoms with van der Waals surface area (Å²) in [6.45, 7) is 11.8. The fourth-order valence-corrected chi connectivity index (χ4v) is 2.70. The molecule has 0 saturated carbocycles. The van der Waals surface area contributed by atoms with Crippen LogP contribution in [0.15, 0.2) is 11.6 Å². The first-order valence-electron chi connectivity index (χ1n) is 8.54. The predicted octanol–water partition coefficient (Wildman–Crippen LogP) is 2.90. The van der Waals surface area contributed by atoms with E-state index in [2.05, 4.69) is 18.4 Å². The van der Waals surface area contributed by atoms with Crippen LogP contribution in [0.25, 0.3) is 6.08 Å². The number of carbonyl (C=O) groups excluding carboxylic acids is 1. The number of hydrogen-bond donors (Lipinski definition) is 1. The SMILES string of the molecule is CCN(CCO)C(=O)/C(C#N)=C/c1cc(C)n(CCC(C)C)c1C. The highest BCUT2D eigenvalue weighted by molar-refractivity contribution is 6.01. The predicted molar refractivity (Wildman–Crippen MR) is 96.3 cm³/mol. The topological polar surface area (TPSA) is 69.3 Å². The van der Waals surface area contributed by atoms with Crippen LogP contribution in [0.1, 0.15) is 44.1 Å². The van der Waals surface area contributed by atoms with Gasteiger partial charge in [-0.3, -0.25) is 4.79 Å². The summed E-state index contributed by atoms with van der Waals surface area (Å²) in [4.78, 5) is 13.9. The van der Waals surface area contributed by atoms with Crippen molar-refractivity contribution >= 4 is 12.0 Å². The van der Waals surface area contributed by atoms with Gasteiger partial charge in [-0.2, -0.15) is 5.26 Å². The molecule has 1 heterocycles. The van der Waals surface area contributed by atoms with Crippen LogP contribution in [-0.4, -0.2) is 40.2 Å². The van der Waals surface area contributed by atoms with Crippen molar-refractivity contribution in [3.05, 3.63) is 28.6 Å². The smallest absolute Gasteiger partial charge is 0.264 e. The number of hydrogen-bond acceptors (Lipinski definition) is 3. The van der Waals surface area contributed by atoms with E-state index >= 15 is 0 Å². The molecule has 5 nitrogen and oxygen atoms in total. The Morgan fingerprint density at radius 3 is 2.62 bits per heavy atom. The summed E-state index contributed by atoms with van der Waals surface area (Å²) in [7, 11) is 0. The fraction of sp³-hybridized carbons (Fsp3) is 0.579. The molecule has 0 saturated heterocycles. The minimum Gasteiger partial charge on any atom is -0.395 e. The van der Waals surface area contributed by atoms with E-state index in [0.717, 1.165) is 29.9 Å². The van der Waals surface area contributed by atoms with Crippen molar-refractivity contribution in [2.75, 3.05) is 19.7 Å². The van der Waals surface area contributed by atoms with Gasteiger partial charge in [0.1, 0.15) is 11.6 Å².